The first-order valence-corrected chi connectivity index (χ1v) is 4.77. The Bertz CT molecular complexity index is 245. The second-order valence-corrected chi connectivity index (χ2v) is 4.06. The van der Waals surface area contributed by atoms with Crippen molar-refractivity contribution in [2.75, 3.05) is 7.11 Å². The molecule has 1 N–H and O–H groups in total. The Morgan fingerprint density at radius 1 is 1.73 bits per heavy atom. The summed E-state index contributed by atoms with van der Waals surface area (Å²) in [6, 6.07) is 1.87. The van der Waals surface area contributed by atoms with Crippen molar-refractivity contribution in [1.29, 1.82) is 0 Å². The number of aliphatic hydroxyl groups is 1. The molecular formula is C7H9BrO2S. The predicted octanol–water partition coefficient (Wildman–Crippen LogP) is 2.57. The van der Waals surface area contributed by atoms with Gasteiger partial charge in [-0.1, -0.05) is 0 Å². The average molecular weight is 237 g/mol. The molecule has 1 aromatic heterocycles. The van der Waals surface area contributed by atoms with Crippen LogP contribution in [0.2, 0.25) is 0 Å². The highest BCUT2D eigenvalue weighted by atomic mass is 79.9. The third kappa shape index (κ3) is 1.95. The molecule has 11 heavy (non-hydrogen) atoms. The second kappa shape index (κ2) is 3.56. The number of methoxy groups -OCH3 is 1. The number of ether oxygens (including phenoxy) is 1. The molecule has 0 aliphatic carbocycles. The van der Waals surface area contributed by atoms with E-state index in [1.165, 1.54) is 11.3 Å². The van der Waals surface area contributed by atoms with E-state index in [1.54, 1.807) is 14.0 Å². The predicted molar refractivity (Wildman–Crippen MR) is 49.2 cm³/mol. The highest BCUT2D eigenvalue weighted by molar-refractivity contribution is 9.10. The summed E-state index contributed by atoms with van der Waals surface area (Å²) < 4.78 is 5.94. The van der Waals surface area contributed by atoms with E-state index in [0.29, 0.717) is 0 Å². The third-order valence-electron chi connectivity index (χ3n) is 1.27. The molecule has 4 heteroatoms. The standard InChI is InChI=1S/C7H9BrO2S/c1-4(9)6-3-5(8)7(10-2)11-6/h3-4,9H,1-2H3/t4-/m1/s1. The molecule has 0 fully saturated rings. The summed E-state index contributed by atoms with van der Waals surface area (Å²) in [7, 11) is 1.61. The van der Waals surface area contributed by atoms with Crippen LogP contribution in [0.4, 0.5) is 0 Å². The number of thiophene rings is 1. The number of rotatable bonds is 2. The molecule has 0 unspecified atom stereocenters. The van der Waals surface area contributed by atoms with E-state index in [0.717, 1.165) is 14.4 Å². The molecule has 0 saturated carbocycles. The van der Waals surface area contributed by atoms with Crippen molar-refractivity contribution in [3.63, 3.8) is 0 Å². The molecule has 0 aliphatic heterocycles. The van der Waals surface area contributed by atoms with Gasteiger partial charge in [0.2, 0.25) is 0 Å². The molecule has 62 valence electrons. The molecule has 1 rings (SSSR count). The Labute approximate surface area is 77.9 Å². The summed E-state index contributed by atoms with van der Waals surface area (Å²) in [5.41, 5.74) is 0. The molecule has 1 atom stereocenters. The van der Waals surface area contributed by atoms with Crippen molar-refractivity contribution < 1.29 is 9.84 Å². The highest BCUT2D eigenvalue weighted by Crippen LogP contribution is 2.37. The summed E-state index contributed by atoms with van der Waals surface area (Å²) >= 11 is 4.77. The van der Waals surface area contributed by atoms with Gasteiger partial charge in [0.1, 0.15) is 0 Å². The first kappa shape index (κ1) is 9.03. The lowest BCUT2D eigenvalue weighted by Crippen LogP contribution is -1.83. The van der Waals surface area contributed by atoms with Crippen LogP contribution in [-0.4, -0.2) is 12.2 Å². The Hall–Kier alpha value is -0.0600. The third-order valence-corrected chi connectivity index (χ3v) is 3.39. The fourth-order valence-electron chi connectivity index (χ4n) is 0.714. The van der Waals surface area contributed by atoms with Gasteiger partial charge >= 0.3 is 0 Å². The lowest BCUT2D eigenvalue weighted by molar-refractivity contribution is 0.203. The normalized spacial score (nSPS) is 13.1. The van der Waals surface area contributed by atoms with Gasteiger partial charge in [-0.3, -0.25) is 0 Å². The van der Waals surface area contributed by atoms with E-state index in [4.69, 9.17) is 4.74 Å². The minimum Gasteiger partial charge on any atom is -0.486 e. The molecule has 0 bridgehead atoms. The molecular weight excluding hydrogens is 228 g/mol. The minimum atomic E-state index is -0.416. The zero-order valence-corrected chi connectivity index (χ0v) is 8.70. The SMILES string of the molecule is COc1sc([C@@H](C)O)cc1Br. The van der Waals surface area contributed by atoms with E-state index in [1.807, 2.05) is 6.07 Å². The van der Waals surface area contributed by atoms with Crippen molar-refractivity contribution in [3.8, 4) is 5.06 Å². The molecule has 2 nitrogen and oxygen atoms in total. The van der Waals surface area contributed by atoms with Crippen LogP contribution in [0.1, 0.15) is 17.9 Å². The molecule has 0 amide bonds. The van der Waals surface area contributed by atoms with Gasteiger partial charge in [0, 0.05) is 4.88 Å². The lowest BCUT2D eigenvalue weighted by atomic mass is 10.3. The van der Waals surface area contributed by atoms with Crippen molar-refractivity contribution in [2.24, 2.45) is 0 Å². The summed E-state index contributed by atoms with van der Waals surface area (Å²) in [5.74, 6) is 0. The van der Waals surface area contributed by atoms with Crippen LogP contribution in [0.3, 0.4) is 0 Å². The zero-order valence-electron chi connectivity index (χ0n) is 6.30. The largest absolute Gasteiger partial charge is 0.486 e. The van der Waals surface area contributed by atoms with Crippen LogP contribution in [-0.2, 0) is 0 Å². The molecule has 0 aliphatic rings. The Morgan fingerprint density at radius 2 is 2.36 bits per heavy atom. The molecule has 0 radical (unpaired) electrons. The highest BCUT2D eigenvalue weighted by Gasteiger charge is 2.09. The van der Waals surface area contributed by atoms with E-state index in [9.17, 15) is 5.11 Å². The maximum atomic E-state index is 9.19. The van der Waals surface area contributed by atoms with Gasteiger partial charge in [-0.05, 0) is 28.9 Å². The monoisotopic (exact) mass is 236 g/mol. The smallest absolute Gasteiger partial charge is 0.188 e. The van der Waals surface area contributed by atoms with Crippen molar-refractivity contribution in [1.82, 2.24) is 0 Å². The van der Waals surface area contributed by atoms with Crippen LogP contribution in [0, 0.1) is 0 Å². The fraction of sp³-hybridized carbons (Fsp3) is 0.429. The quantitative estimate of drug-likeness (QED) is 0.856. The Balaban J connectivity index is 2.95. The van der Waals surface area contributed by atoms with E-state index >= 15 is 0 Å². The van der Waals surface area contributed by atoms with Crippen LogP contribution in [0.5, 0.6) is 5.06 Å². The summed E-state index contributed by atoms with van der Waals surface area (Å²) in [4.78, 5) is 0.911. The van der Waals surface area contributed by atoms with Gasteiger partial charge in [0.25, 0.3) is 0 Å². The van der Waals surface area contributed by atoms with Gasteiger partial charge in [-0.2, -0.15) is 0 Å². The van der Waals surface area contributed by atoms with Crippen molar-refractivity contribution in [3.05, 3.63) is 15.4 Å². The Morgan fingerprint density at radius 3 is 2.64 bits per heavy atom. The average Bonchev–Trinajstić information content (AvgIpc) is 2.31. The van der Waals surface area contributed by atoms with Gasteiger partial charge in [0.15, 0.2) is 5.06 Å². The summed E-state index contributed by atoms with van der Waals surface area (Å²) in [6.45, 7) is 1.73. The van der Waals surface area contributed by atoms with Crippen LogP contribution in [0.15, 0.2) is 10.5 Å². The number of halogens is 1. The first-order chi connectivity index (χ1) is 5.15. The maximum absolute atomic E-state index is 9.19. The second-order valence-electron chi connectivity index (χ2n) is 2.16. The van der Waals surface area contributed by atoms with Gasteiger partial charge in [0.05, 0.1) is 17.7 Å². The van der Waals surface area contributed by atoms with Crippen LogP contribution < -0.4 is 4.74 Å². The van der Waals surface area contributed by atoms with Crippen molar-refractivity contribution in [2.45, 2.75) is 13.0 Å². The molecule has 1 heterocycles. The first-order valence-electron chi connectivity index (χ1n) is 3.16. The molecule has 0 aromatic carbocycles. The number of hydrogen-bond acceptors (Lipinski definition) is 3. The Kier molecular flexibility index (Phi) is 2.92. The van der Waals surface area contributed by atoms with Crippen LogP contribution in [0.25, 0.3) is 0 Å². The van der Waals surface area contributed by atoms with E-state index in [-0.39, 0.29) is 0 Å². The van der Waals surface area contributed by atoms with Crippen LogP contribution >= 0.6 is 27.3 Å². The maximum Gasteiger partial charge on any atom is 0.188 e. The molecule has 1 aromatic rings. The lowest BCUT2D eigenvalue weighted by Gasteiger charge is -1.96. The fourth-order valence-corrected chi connectivity index (χ4v) is 2.32. The summed E-state index contributed by atoms with van der Waals surface area (Å²) in [6.07, 6.45) is -0.416. The zero-order chi connectivity index (χ0) is 8.43. The topological polar surface area (TPSA) is 29.5 Å². The number of hydrogen-bond donors (Lipinski definition) is 1. The summed E-state index contributed by atoms with van der Waals surface area (Å²) in [5, 5.41) is 10.00. The minimum absolute atomic E-state index is 0.416. The van der Waals surface area contributed by atoms with Gasteiger partial charge < -0.3 is 9.84 Å². The molecule has 0 saturated heterocycles. The van der Waals surface area contributed by atoms with Gasteiger partial charge in [-0.25, -0.2) is 0 Å². The number of aliphatic hydroxyl groups excluding tert-OH is 1. The van der Waals surface area contributed by atoms with E-state index in [2.05, 4.69) is 15.9 Å². The van der Waals surface area contributed by atoms with Crippen molar-refractivity contribution >= 4 is 27.3 Å². The molecule has 0 spiro atoms. The van der Waals surface area contributed by atoms with Gasteiger partial charge in [-0.15, -0.1) is 11.3 Å². The van der Waals surface area contributed by atoms with E-state index < -0.39 is 6.10 Å².